The van der Waals surface area contributed by atoms with E-state index in [1.165, 1.54) is 0 Å². The lowest BCUT2D eigenvalue weighted by molar-refractivity contribution is -0.140. The molecule has 7 heteroatoms. The minimum atomic E-state index is -0.863. The Hall–Kier alpha value is -1.34. The Morgan fingerprint density at radius 3 is 2.27 bits per heavy atom. The lowest BCUT2D eigenvalue weighted by atomic mass is 10.1. The van der Waals surface area contributed by atoms with Crippen LogP contribution in [0.4, 0.5) is 4.79 Å². The zero-order valence-corrected chi connectivity index (χ0v) is 14.3. The number of alkyl carbamates (subject to hydrolysis) is 1. The minimum Gasteiger partial charge on any atom is -0.480 e. The van der Waals surface area contributed by atoms with E-state index in [2.05, 4.69) is 10.6 Å². The summed E-state index contributed by atoms with van der Waals surface area (Å²) in [5, 5.41) is 14.5. The van der Waals surface area contributed by atoms with Gasteiger partial charge in [-0.25, -0.2) is 4.79 Å². The highest BCUT2D eigenvalue weighted by molar-refractivity contribution is 5.73. The van der Waals surface area contributed by atoms with Crippen molar-refractivity contribution in [2.75, 3.05) is 26.3 Å². The lowest BCUT2D eigenvalue weighted by Crippen LogP contribution is -2.42. The van der Waals surface area contributed by atoms with E-state index in [0.29, 0.717) is 26.3 Å². The molecule has 1 atom stereocenters. The third-order valence-electron chi connectivity index (χ3n) is 3.28. The van der Waals surface area contributed by atoms with E-state index in [0.717, 1.165) is 6.42 Å². The molecule has 22 heavy (non-hydrogen) atoms. The molecule has 0 aliphatic carbocycles. The predicted octanol–water partition coefficient (Wildman–Crippen LogP) is 1.62. The van der Waals surface area contributed by atoms with Gasteiger partial charge in [-0.15, -0.1) is 0 Å². The molecule has 3 N–H and O–H groups in total. The molecular weight excluding hydrogens is 288 g/mol. The van der Waals surface area contributed by atoms with E-state index < -0.39 is 23.7 Å². The van der Waals surface area contributed by atoms with Crippen molar-refractivity contribution in [2.45, 2.75) is 52.7 Å². The number of carbonyl (C=O) groups excluding carboxylic acids is 1. The van der Waals surface area contributed by atoms with Crippen molar-refractivity contribution in [1.82, 2.24) is 10.6 Å². The SMILES string of the molecule is CCC(C)(C)OC(=O)NCCOCCN[C@H](C(=O)O)C(C)C. The number of rotatable bonds is 11. The maximum atomic E-state index is 11.5. The zero-order valence-electron chi connectivity index (χ0n) is 14.3. The van der Waals surface area contributed by atoms with Crippen LogP contribution < -0.4 is 10.6 Å². The summed E-state index contributed by atoms with van der Waals surface area (Å²) >= 11 is 0. The summed E-state index contributed by atoms with van der Waals surface area (Å²) in [4.78, 5) is 22.4. The highest BCUT2D eigenvalue weighted by Crippen LogP contribution is 2.13. The summed E-state index contributed by atoms with van der Waals surface area (Å²) in [5.74, 6) is -0.853. The fourth-order valence-corrected chi connectivity index (χ4v) is 1.58. The van der Waals surface area contributed by atoms with Gasteiger partial charge < -0.3 is 25.2 Å². The first-order chi connectivity index (χ1) is 10.2. The third-order valence-corrected chi connectivity index (χ3v) is 3.28. The van der Waals surface area contributed by atoms with Gasteiger partial charge in [-0.2, -0.15) is 0 Å². The summed E-state index contributed by atoms with van der Waals surface area (Å²) < 4.78 is 10.5. The Labute approximate surface area is 132 Å². The van der Waals surface area contributed by atoms with Gasteiger partial charge in [0.2, 0.25) is 0 Å². The first-order valence-corrected chi connectivity index (χ1v) is 7.70. The third kappa shape index (κ3) is 9.57. The molecule has 0 heterocycles. The number of hydrogen-bond donors (Lipinski definition) is 3. The summed E-state index contributed by atoms with van der Waals surface area (Å²) in [7, 11) is 0. The molecule has 0 fully saturated rings. The van der Waals surface area contributed by atoms with Gasteiger partial charge in [-0.3, -0.25) is 4.79 Å². The number of carboxylic acid groups (broad SMARTS) is 1. The summed E-state index contributed by atoms with van der Waals surface area (Å²) in [6.07, 6.45) is 0.280. The molecule has 1 amide bonds. The van der Waals surface area contributed by atoms with Crippen LogP contribution in [0.5, 0.6) is 0 Å². The Morgan fingerprint density at radius 2 is 1.77 bits per heavy atom. The van der Waals surface area contributed by atoms with Crippen molar-refractivity contribution >= 4 is 12.1 Å². The van der Waals surface area contributed by atoms with Gasteiger partial charge in [-0.05, 0) is 26.2 Å². The Balaban J connectivity index is 3.66. The first-order valence-electron chi connectivity index (χ1n) is 7.70. The molecule has 0 aromatic rings. The molecule has 0 aliphatic heterocycles. The van der Waals surface area contributed by atoms with E-state index in [-0.39, 0.29) is 5.92 Å². The van der Waals surface area contributed by atoms with Crippen LogP contribution in [0.15, 0.2) is 0 Å². The van der Waals surface area contributed by atoms with Crippen LogP contribution in [0.1, 0.15) is 41.0 Å². The van der Waals surface area contributed by atoms with Crippen LogP contribution in [0.2, 0.25) is 0 Å². The molecule has 0 bridgehead atoms. The highest BCUT2D eigenvalue weighted by Gasteiger charge is 2.20. The average molecular weight is 318 g/mol. The summed E-state index contributed by atoms with van der Waals surface area (Å²) in [6, 6.07) is -0.576. The van der Waals surface area contributed by atoms with E-state index in [1.807, 2.05) is 34.6 Å². The topological polar surface area (TPSA) is 96.9 Å². The van der Waals surface area contributed by atoms with Gasteiger partial charge in [0.15, 0.2) is 0 Å². The molecule has 0 spiro atoms. The molecule has 0 rings (SSSR count). The van der Waals surface area contributed by atoms with Crippen LogP contribution in [0, 0.1) is 5.92 Å². The predicted molar refractivity (Wildman–Crippen MR) is 83.9 cm³/mol. The number of ether oxygens (including phenoxy) is 2. The number of carbonyl (C=O) groups is 2. The van der Waals surface area contributed by atoms with E-state index in [9.17, 15) is 9.59 Å². The smallest absolute Gasteiger partial charge is 0.407 e. The maximum Gasteiger partial charge on any atom is 0.407 e. The van der Waals surface area contributed by atoms with Gasteiger partial charge in [0.05, 0.1) is 13.2 Å². The van der Waals surface area contributed by atoms with Gasteiger partial charge in [-0.1, -0.05) is 20.8 Å². The molecule has 0 radical (unpaired) electrons. The van der Waals surface area contributed by atoms with Crippen molar-refractivity contribution < 1.29 is 24.2 Å². The van der Waals surface area contributed by atoms with Gasteiger partial charge >= 0.3 is 12.1 Å². The monoisotopic (exact) mass is 318 g/mol. The normalized spacial score (nSPS) is 13.0. The second-order valence-electron chi connectivity index (χ2n) is 6.06. The first kappa shape index (κ1) is 20.7. The van der Waals surface area contributed by atoms with Crippen LogP contribution in [0.25, 0.3) is 0 Å². The molecule has 0 unspecified atom stereocenters. The number of hydrogen-bond acceptors (Lipinski definition) is 5. The van der Waals surface area contributed by atoms with Crippen molar-refractivity contribution in [3.05, 3.63) is 0 Å². The summed E-state index contributed by atoms with van der Waals surface area (Å²) in [6.45, 7) is 10.9. The maximum absolute atomic E-state index is 11.5. The fourth-order valence-electron chi connectivity index (χ4n) is 1.58. The number of aliphatic carboxylic acids is 1. The molecule has 0 aliphatic rings. The molecule has 0 saturated carbocycles. The van der Waals surface area contributed by atoms with Gasteiger partial charge in [0, 0.05) is 13.1 Å². The minimum absolute atomic E-state index is 0.0101. The van der Waals surface area contributed by atoms with Crippen LogP contribution in [-0.2, 0) is 14.3 Å². The highest BCUT2D eigenvalue weighted by atomic mass is 16.6. The van der Waals surface area contributed by atoms with E-state index in [4.69, 9.17) is 14.6 Å². The van der Waals surface area contributed by atoms with E-state index in [1.54, 1.807) is 0 Å². The van der Waals surface area contributed by atoms with Crippen LogP contribution in [0.3, 0.4) is 0 Å². The second kappa shape index (κ2) is 10.4. The van der Waals surface area contributed by atoms with Crippen LogP contribution >= 0.6 is 0 Å². The summed E-state index contributed by atoms with van der Waals surface area (Å²) in [5.41, 5.74) is -0.475. The Morgan fingerprint density at radius 1 is 1.18 bits per heavy atom. The van der Waals surface area contributed by atoms with Crippen molar-refractivity contribution in [3.8, 4) is 0 Å². The molecule has 0 aromatic carbocycles. The van der Waals surface area contributed by atoms with E-state index >= 15 is 0 Å². The standard InChI is InChI=1S/C15H30N2O5/c1-6-15(4,5)22-14(20)17-8-10-21-9-7-16-12(11(2)3)13(18)19/h11-12,16H,6-10H2,1-5H3,(H,17,20)(H,18,19)/t12-/m0/s1. The van der Waals surface area contributed by atoms with Gasteiger partial charge in [0.25, 0.3) is 0 Å². The quantitative estimate of drug-likeness (QED) is 0.501. The fraction of sp³-hybridized carbons (Fsp3) is 0.867. The van der Waals surface area contributed by atoms with Crippen molar-refractivity contribution in [2.24, 2.45) is 5.92 Å². The van der Waals surface area contributed by atoms with Crippen molar-refractivity contribution in [1.29, 1.82) is 0 Å². The number of nitrogens with one attached hydrogen (secondary N) is 2. The average Bonchev–Trinajstić information content (AvgIpc) is 2.40. The van der Waals surface area contributed by atoms with Crippen molar-refractivity contribution in [3.63, 3.8) is 0 Å². The molecular formula is C15H30N2O5. The Kier molecular flexibility index (Phi) is 9.76. The zero-order chi connectivity index (χ0) is 17.2. The largest absolute Gasteiger partial charge is 0.480 e. The Bertz CT molecular complexity index is 345. The molecule has 7 nitrogen and oxygen atoms in total. The molecule has 0 aromatic heterocycles. The van der Waals surface area contributed by atoms with Gasteiger partial charge in [0.1, 0.15) is 11.6 Å². The second-order valence-corrected chi connectivity index (χ2v) is 6.06. The molecule has 130 valence electrons. The number of amides is 1. The molecule has 0 saturated heterocycles. The van der Waals surface area contributed by atoms with Crippen LogP contribution in [-0.4, -0.2) is 55.1 Å². The lowest BCUT2D eigenvalue weighted by Gasteiger charge is -2.23. The number of carboxylic acids is 1.